The molecule has 3 aliphatic rings. The number of likely N-dealkylation sites (tertiary alicyclic amines) is 1. The van der Waals surface area contributed by atoms with E-state index in [0.29, 0.717) is 18.4 Å². The standard InChI is InChI=1S/C22H24F5N3O4/c23-18(24)14-3-7-16(8-4-14)29-10-17(31)30(21(19(29)32)11-28(12-21)20(33)34)9-13-1-5-15(6-2-13)22(25,26)27/h1-2,5-6,14,16,18H,3-4,7-12H2,(H,33,34)/t14-,16-. The summed E-state index contributed by atoms with van der Waals surface area (Å²) < 4.78 is 64.6. The number of carbonyl (C=O) groups excluding carboxylic acids is 2. The van der Waals surface area contributed by atoms with Gasteiger partial charge in [0.25, 0.3) is 5.91 Å². The highest BCUT2D eigenvalue weighted by atomic mass is 19.4. The Hall–Kier alpha value is -2.92. The Morgan fingerprint density at radius 3 is 2.15 bits per heavy atom. The highest BCUT2D eigenvalue weighted by Crippen LogP contribution is 2.39. The number of hydrogen-bond acceptors (Lipinski definition) is 3. The van der Waals surface area contributed by atoms with E-state index < -0.39 is 53.6 Å². The number of benzene rings is 1. The van der Waals surface area contributed by atoms with Crippen LogP contribution in [0.5, 0.6) is 0 Å². The van der Waals surface area contributed by atoms with E-state index >= 15 is 0 Å². The van der Waals surface area contributed by atoms with Gasteiger partial charge in [0.2, 0.25) is 12.3 Å². The number of amides is 3. The summed E-state index contributed by atoms with van der Waals surface area (Å²) >= 11 is 0. The van der Waals surface area contributed by atoms with E-state index in [1.54, 1.807) is 0 Å². The summed E-state index contributed by atoms with van der Waals surface area (Å²) in [6, 6.07) is 3.82. The molecule has 186 valence electrons. The van der Waals surface area contributed by atoms with Crippen molar-refractivity contribution in [2.75, 3.05) is 19.6 Å². The third kappa shape index (κ3) is 4.29. The second-order valence-electron chi connectivity index (χ2n) is 9.18. The predicted octanol–water partition coefficient (Wildman–Crippen LogP) is 3.43. The molecule has 1 N–H and O–H groups in total. The van der Waals surface area contributed by atoms with Gasteiger partial charge in [-0.25, -0.2) is 13.6 Å². The van der Waals surface area contributed by atoms with Crippen molar-refractivity contribution in [3.8, 4) is 0 Å². The zero-order valence-electron chi connectivity index (χ0n) is 18.1. The average molecular weight is 489 g/mol. The zero-order chi connectivity index (χ0) is 24.8. The highest BCUT2D eigenvalue weighted by Gasteiger charge is 2.61. The van der Waals surface area contributed by atoms with Gasteiger partial charge < -0.3 is 19.8 Å². The number of piperazine rings is 1. The van der Waals surface area contributed by atoms with Crippen LogP contribution in [0.3, 0.4) is 0 Å². The Morgan fingerprint density at radius 2 is 1.65 bits per heavy atom. The van der Waals surface area contributed by atoms with Gasteiger partial charge >= 0.3 is 12.3 Å². The van der Waals surface area contributed by atoms with E-state index in [2.05, 4.69) is 0 Å². The molecule has 0 unspecified atom stereocenters. The topological polar surface area (TPSA) is 81.2 Å². The van der Waals surface area contributed by atoms with Crippen LogP contribution in [0.25, 0.3) is 0 Å². The van der Waals surface area contributed by atoms with E-state index in [9.17, 15) is 41.4 Å². The van der Waals surface area contributed by atoms with Crippen molar-refractivity contribution in [1.82, 2.24) is 14.7 Å². The molecule has 4 rings (SSSR count). The first-order valence-corrected chi connectivity index (χ1v) is 11.0. The second kappa shape index (κ2) is 8.70. The van der Waals surface area contributed by atoms with Gasteiger partial charge in [0.15, 0.2) is 5.54 Å². The number of hydrogen-bond donors (Lipinski definition) is 1. The van der Waals surface area contributed by atoms with Gasteiger partial charge in [0.05, 0.1) is 18.7 Å². The van der Waals surface area contributed by atoms with Gasteiger partial charge in [-0.1, -0.05) is 12.1 Å². The van der Waals surface area contributed by atoms with E-state index in [4.69, 9.17) is 0 Å². The van der Waals surface area contributed by atoms with Crippen molar-refractivity contribution in [2.24, 2.45) is 5.92 Å². The molecule has 34 heavy (non-hydrogen) atoms. The lowest BCUT2D eigenvalue weighted by Gasteiger charge is -2.58. The van der Waals surface area contributed by atoms with Crippen molar-refractivity contribution in [2.45, 2.75) is 56.4 Å². The lowest BCUT2D eigenvalue weighted by Crippen LogP contribution is -2.81. The summed E-state index contributed by atoms with van der Waals surface area (Å²) in [5, 5.41) is 9.30. The minimum Gasteiger partial charge on any atom is -0.465 e. The number of rotatable bonds is 4. The number of alkyl halides is 5. The maximum Gasteiger partial charge on any atom is 0.416 e. The van der Waals surface area contributed by atoms with Crippen LogP contribution < -0.4 is 0 Å². The smallest absolute Gasteiger partial charge is 0.416 e. The third-order valence-electron chi connectivity index (χ3n) is 7.12. The third-order valence-corrected chi connectivity index (χ3v) is 7.12. The van der Waals surface area contributed by atoms with Gasteiger partial charge in [-0.15, -0.1) is 0 Å². The molecule has 1 spiro atoms. The molecule has 1 aliphatic carbocycles. The van der Waals surface area contributed by atoms with Crippen molar-refractivity contribution >= 4 is 17.9 Å². The zero-order valence-corrected chi connectivity index (χ0v) is 18.1. The Bertz CT molecular complexity index is 954. The van der Waals surface area contributed by atoms with E-state index in [-0.39, 0.29) is 39.0 Å². The van der Waals surface area contributed by atoms with E-state index in [0.717, 1.165) is 17.0 Å². The van der Waals surface area contributed by atoms with Gasteiger partial charge in [-0.05, 0) is 43.4 Å². The number of nitrogens with zero attached hydrogens (tertiary/aromatic N) is 3. The lowest BCUT2D eigenvalue weighted by atomic mass is 9.80. The molecule has 7 nitrogen and oxygen atoms in total. The minimum absolute atomic E-state index is 0.151. The first-order chi connectivity index (χ1) is 15.9. The van der Waals surface area contributed by atoms with Crippen LogP contribution in [0.4, 0.5) is 26.7 Å². The molecule has 0 atom stereocenters. The van der Waals surface area contributed by atoms with Crippen LogP contribution in [0.1, 0.15) is 36.8 Å². The van der Waals surface area contributed by atoms with Gasteiger partial charge in [0.1, 0.15) is 6.54 Å². The number of halogens is 5. The normalized spacial score (nSPS) is 25.2. The molecule has 3 amide bonds. The van der Waals surface area contributed by atoms with Crippen LogP contribution in [0.15, 0.2) is 24.3 Å². The summed E-state index contributed by atoms with van der Waals surface area (Å²) in [5.74, 6) is -1.65. The molecule has 1 saturated carbocycles. The Labute approximate surface area is 192 Å². The highest BCUT2D eigenvalue weighted by molar-refractivity contribution is 6.00. The largest absolute Gasteiger partial charge is 0.465 e. The molecule has 2 aliphatic heterocycles. The summed E-state index contributed by atoms with van der Waals surface area (Å²) in [7, 11) is 0. The fourth-order valence-electron chi connectivity index (χ4n) is 5.13. The Kier molecular flexibility index (Phi) is 6.19. The quantitative estimate of drug-likeness (QED) is 0.658. The summed E-state index contributed by atoms with van der Waals surface area (Å²) in [4.78, 5) is 41.7. The monoisotopic (exact) mass is 489 g/mol. The van der Waals surface area contributed by atoms with Crippen molar-refractivity contribution in [3.63, 3.8) is 0 Å². The first-order valence-electron chi connectivity index (χ1n) is 11.0. The second-order valence-corrected chi connectivity index (χ2v) is 9.18. The SMILES string of the molecule is O=C(O)N1CC2(C1)C(=O)N([C@H]1CC[C@H](C(F)F)CC1)CC(=O)N2Cc1ccc(C(F)(F)F)cc1. The van der Waals surface area contributed by atoms with Crippen LogP contribution in [0.2, 0.25) is 0 Å². The Balaban J connectivity index is 1.55. The lowest BCUT2D eigenvalue weighted by molar-refractivity contribution is -0.180. The fraction of sp³-hybridized carbons (Fsp3) is 0.591. The summed E-state index contributed by atoms with van der Waals surface area (Å²) in [6.45, 7) is -0.937. The maximum absolute atomic E-state index is 13.6. The maximum atomic E-state index is 13.6. The molecule has 0 radical (unpaired) electrons. The predicted molar refractivity (Wildman–Crippen MR) is 108 cm³/mol. The molecule has 2 heterocycles. The van der Waals surface area contributed by atoms with Crippen LogP contribution >= 0.6 is 0 Å². The summed E-state index contributed by atoms with van der Waals surface area (Å²) in [6.07, 6.45) is -7.11. The molecule has 0 bridgehead atoms. The number of carboxylic acid groups (broad SMARTS) is 1. The fourth-order valence-corrected chi connectivity index (χ4v) is 5.13. The van der Waals surface area contributed by atoms with E-state index in [1.807, 2.05) is 0 Å². The van der Waals surface area contributed by atoms with Crippen molar-refractivity contribution < 1.29 is 41.4 Å². The van der Waals surface area contributed by atoms with Gasteiger partial charge in [-0.2, -0.15) is 13.2 Å². The molecule has 1 aromatic carbocycles. The molecule has 3 fully saturated rings. The summed E-state index contributed by atoms with van der Waals surface area (Å²) in [5.41, 5.74) is -1.94. The number of carbonyl (C=O) groups is 3. The van der Waals surface area contributed by atoms with E-state index in [1.165, 1.54) is 21.9 Å². The molecular formula is C22H24F5N3O4. The molecule has 2 saturated heterocycles. The van der Waals surface area contributed by atoms with Gasteiger partial charge in [0, 0.05) is 18.5 Å². The molecule has 12 heteroatoms. The molecular weight excluding hydrogens is 465 g/mol. The van der Waals surface area contributed by atoms with Crippen molar-refractivity contribution in [1.29, 1.82) is 0 Å². The molecule has 1 aromatic rings. The first kappa shape index (κ1) is 24.2. The van der Waals surface area contributed by atoms with Crippen LogP contribution in [-0.2, 0) is 22.3 Å². The van der Waals surface area contributed by atoms with Crippen LogP contribution in [0, 0.1) is 5.92 Å². The minimum atomic E-state index is -4.52. The van der Waals surface area contributed by atoms with Crippen molar-refractivity contribution in [3.05, 3.63) is 35.4 Å². The van der Waals surface area contributed by atoms with Crippen LogP contribution in [-0.4, -0.2) is 75.4 Å². The average Bonchev–Trinajstić information content (AvgIpc) is 2.74. The Morgan fingerprint density at radius 1 is 1.06 bits per heavy atom. The van der Waals surface area contributed by atoms with Gasteiger partial charge in [-0.3, -0.25) is 9.59 Å². The molecule has 0 aromatic heterocycles.